The molecule has 2 rings (SSSR count). The highest BCUT2D eigenvalue weighted by atomic mass is 19.1. The van der Waals surface area contributed by atoms with Crippen molar-refractivity contribution in [1.29, 1.82) is 0 Å². The number of carbonyl (C=O) groups is 1. The molecule has 4 heteroatoms. The molecule has 0 N–H and O–H groups in total. The van der Waals surface area contributed by atoms with Crippen LogP contribution in [0.5, 0.6) is 0 Å². The van der Waals surface area contributed by atoms with Crippen molar-refractivity contribution in [2.75, 3.05) is 14.1 Å². The second kappa shape index (κ2) is 3.63. The lowest BCUT2D eigenvalue weighted by atomic mass is 10.1. The summed E-state index contributed by atoms with van der Waals surface area (Å²) < 4.78 is 18.7. The number of nitrogens with zero attached hydrogens (tertiary/aromatic N) is 1. The quantitative estimate of drug-likeness (QED) is 0.741. The van der Waals surface area contributed by atoms with Crippen LogP contribution in [0.15, 0.2) is 22.6 Å². The van der Waals surface area contributed by atoms with Crippen LogP contribution < -0.4 is 0 Å². The smallest absolute Gasteiger partial charge is 0.289 e. The number of halogens is 1. The molecule has 1 aromatic heterocycles. The summed E-state index contributed by atoms with van der Waals surface area (Å²) in [5.74, 6) is -0.503. The molecule has 0 spiro atoms. The van der Waals surface area contributed by atoms with E-state index in [1.54, 1.807) is 33.2 Å². The Kier molecular flexibility index (Phi) is 2.42. The van der Waals surface area contributed by atoms with Crippen LogP contribution in [0.4, 0.5) is 4.39 Å². The van der Waals surface area contributed by atoms with Gasteiger partial charge in [-0.1, -0.05) is 12.1 Å². The number of para-hydroxylation sites is 1. The number of rotatable bonds is 1. The molecule has 0 saturated heterocycles. The highest BCUT2D eigenvalue weighted by Crippen LogP contribution is 2.27. The molecule has 0 aliphatic heterocycles. The van der Waals surface area contributed by atoms with Gasteiger partial charge in [0.1, 0.15) is 0 Å². The summed E-state index contributed by atoms with van der Waals surface area (Å²) in [5.41, 5.74) is 0.818. The Hall–Kier alpha value is -1.84. The number of hydrogen-bond acceptors (Lipinski definition) is 2. The fraction of sp³-hybridized carbons (Fsp3) is 0.250. The highest BCUT2D eigenvalue weighted by Gasteiger charge is 2.20. The van der Waals surface area contributed by atoms with Crippen LogP contribution in [0, 0.1) is 12.7 Å². The zero-order valence-electron chi connectivity index (χ0n) is 9.37. The molecule has 16 heavy (non-hydrogen) atoms. The Morgan fingerprint density at radius 3 is 2.62 bits per heavy atom. The average Bonchev–Trinajstić information content (AvgIpc) is 2.57. The number of fused-ring (bicyclic) bond motifs is 1. The summed E-state index contributed by atoms with van der Waals surface area (Å²) in [6, 6.07) is 4.66. The van der Waals surface area contributed by atoms with Crippen molar-refractivity contribution in [1.82, 2.24) is 4.90 Å². The van der Waals surface area contributed by atoms with Crippen molar-refractivity contribution < 1.29 is 13.6 Å². The SMILES string of the molecule is Cc1c(C(=O)N(C)C)oc2c(F)cccc12. The lowest BCUT2D eigenvalue weighted by Crippen LogP contribution is -2.21. The van der Waals surface area contributed by atoms with Crippen LogP contribution in [-0.4, -0.2) is 24.9 Å². The average molecular weight is 221 g/mol. The molecule has 0 fully saturated rings. The van der Waals surface area contributed by atoms with Crippen molar-refractivity contribution in [2.24, 2.45) is 0 Å². The normalized spacial score (nSPS) is 10.8. The zero-order chi connectivity index (χ0) is 11.9. The first kappa shape index (κ1) is 10.7. The molecule has 0 saturated carbocycles. The Balaban J connectivity index is 2.69. The number of hydrogen-bond donors (Lipinski definition) is 0. The number of carbonyl (C=O) groups excluding carboxylic acids is 1. The predicted octanol–water partition coefficient (Wildman–Crippen LogP) is 2.58. The topological polar surface area (TPSA) is 33.5 Å². The minimum Gasteiger partial charge on any atom is -0.448 e. The number of benzene rings is 1. The summed E-state index contributed by atoms with van der Waals surface area (Å²) in [7, 11) is 3.26. The van der Waals surface area contributed by atoms with Crippen LogP contribution >= 0.6 is 0 Å². The lowest BCUT2D eigenvalue weighted by molar-refractivity contribution is 0.0798. The first-order chi connectivity index (χ1) is 7.52. The monoisotopic (exact) mass is 221 g/mol. The van der Waals surface area contributed by atoms with Crippen molar-refractivity contribution >= 4 is 16.9 Å². The van der Waals surface area contributed by atoms with E-state index in [1.807, 2.05) is 0 Å². The molecule has 0 aliphatic carbocycles. The molecule has 1 amide bonds. The molecule has 0 aliphatic rings. The minimum atomic E-state index is -0.446. The van der Waals surface area contributed by atoms with E-state index in [0.717, 1.165) is 0 Å². The third-order valence-electron chi connectivity index (χ3n) is 2.52. The zero-order valence-corrected chi connectivity index (χ0v) is 9.37. The maximum Gasteiger partial charge on any atom is 0.289 e. The fourth-order valence-electron chi connectivity index (χ4n) is 1.62. The molecule has 0 unspecified atom stereocenters. The third-order valence-corrected chi connectivity index (χ3v) is 2.52. The minimum absolute atomic E-state index is 0.144. The fourth-order valence-corrected chi connectivity index (χ4v) is 1.62. The van der Waals surface area contributed by atoms with Gasteiger partial charge in [-0.05, 0) is 13.0 Å². The molecule has 84 valence electrons. The van der Waals surface area contributed by atoms with Crippen LogP contribution in [0.25, 0.3) is 11.0 Å². The van der Waals surface area contributed by atoms with Crippen molar-refractivity contribution in [2.45, 2.75) is 6.92 Å². The Labute approximate surface area is 92.5 Å². The number of furan rings is 1. The lowest BCUT2D eigenvalue weighted by Gasteiger charge is -2.07. The second-order valence-corrected chi connectivity index (χ2v) is 3.87. The van der Waals surface area contributed by atoms with Gasteiger partial charge in [0.25, 0.3) is 5.91 Å². The van der Waals surface area contributed by atoms with Gasteiger partial charge in [-0.2, -0.15) is 0 Å². The summed E-state index contributed by atoms with van der Waals surface area (Å²) in [6.45, 7) is 1.75. The molecule has 2 aromatic rings. The largest absolute Gasteiger partial charge is 0.448 e. The molecule has 0 radical (unpaired) electrons. The Morgan fingerprint density at radius 2 is 2.06 bits per heavy atom. The van der Waals surface area contributed by atoms with Gasteiger partial charge < -0.3 is 9.32 Å². The van der Waals surface area contributed by atoms with Crippen LogP contribution in [0.1, 0.15) is 16.1 Å². The second-order valence-electron chi connectivity index (χ2n) is 3.87. The van der Waals surface area contributed by atoms with E-state index in [2.05, 4.69) is 0 Å². The first-order valence-electron chi connectivity index (χ1n) is 4.91. The Bertz CT molecular complexity index is 557. The maximum absolute atomic E-state index is 13.4. The van der Waals surface area contributed by atoms with E-state index < -0.39 is 5.82 Å². The van der Waals surface area contributed by atoms with Crippen molar-refractivity contribution in [3.8, 4) is 0 Å². The standard InChI is InChI=1S/C12H12FNO2/c1-7-8-5-4-6-9(13)11(8)16-10(7)12(15)14(2)3/h4-6H,1-3H3. The van der Waals surface area contributed by atoms with E-state index >= 15 is 0 Å². The summed E-state index contributed by atoms with van der Waals surface area (Å²) in [5, 5.41) is 0.644. The highest BCUT2D eigenvalue weighted by molar-refractivity contribution is 5.98. The summed E-state index contributed by atoms with van der Waals surface area (Å²) in [4.78, 5) is 13.2. The molecule has 1 heterocycles. The summed E-state index contributed by atoms with van der Waals surface area (Å²) in [6.07, 6.45) is 0. The van der Waals surface area contributed by atoms with Crippen molar-refractivity contribution in [3.05, 3.63) is 35.3 Å². The van der Waals surface area contributed by atoms with E-state index in [4.69, 9.17) is 4.42 Å². The van der Waals surface area contributed by atoms with Crippen LogP contribution in [-0.2, 0) is 0 Å². The van der Waals surface area contributed by atoms with Gasteiger partial charge in [0, 0.05) is 25.0 Å². The van der Waals surface area contributed by atoms with E-state index in [0.29, 0.717) is 10.9 Å². The maximum atomic E-state index is 13.4. The van der Waals surface area contributed by atoms with Gasteiger partial charge in [-0.3, -0.25) is 4.79 Å². The van der Waals surface area contributed by atoms with Crippen LogP contribution in [0.2, 0.25) is 0 Å². The van der Waals surface area contributed by atoms with E-state index in [-0.39, 0.29) is 17.3 Å². The van der Waals surface area contributed by atoms with E-state index in [1.165, 1.54) is 11.0 Å². The molecular formula is C12H12FNO2. The van der Waals surface area contributed by atoms with Crippen molar-refractivity contribution in [3.63, 3.8) is 0 Å². The Morgan fingerprint density at radius 1 is 1.38 bits per heavy atom. The molecule has 0 bridgehead atoms. The molecule has 1 aromatic carbocycles. The van der Waals surface area contributed by atoms with Gasteiger partial charge in [0.2, 0.25) is 0 Å². The van der Waals surface area contributed by atoms with Gasteiger partial charge in [0.05, 0.1) is 0 Å². The van der Waals surface area contributed by atoms with Gasteiger partial charge in [0.15, 0.2) is 17.2 Å². The summed E-state index contributed by atoms with van der Waals surface area (Å²) >= 11 is 0. The van der Waals surface area contributed by atoms with Crippen LogP contribution in [0.3, 0.4) is 0 Å². The molecule has 0 atom stereocenters. The van der Waals surface area contributed by atoms with Gasteiger partial charge in [-0.15, -0.1) is 0 Å². The van der Waals surface area contributed by atoms with Gasteiger partial charge >= 0.3 is 0 Å². The number of aryl methyl sites for hydroxylation is 1. The number of amides is 1. The van der Waals surface area contributed by atoms with Gasteiger partial charge in [-0.25, -0.2) is 4.39 Å². The first-order valence-corrected chi connectivity index (χ1v) is 4.91. The molecule has 3 nitrogen and oxygen atoms in total. The third kappa shape index (κ3) is 1.46. The predicted molar refractivity (Wildman–Crippen MR) is 58.9 cm³/mol. The molecular weight excluding hydrogens is 209 g/mol. The van der Waals surface area contributed by atoms with E-state index in [9.17, 15) is 9.18 Å².